The van der Waals surface area contributed by atoms with Crippen molar-refractivity contribution >= 4 is 45.6 Å². The summed E-state index contributed by atoms with van der Waals surface area (Å²) in [6.07, 6.45) is 0.812. The number of nitrogens with one attached hydrogen (secondary N) is 1. The van der Waals surface area contributed by atoms with Crippen LogP contribution in [-0.2, 0) is 16.0 Å². The van der Waals surface area contributed by atoms with Crippen molar-refractivity contribution in [1.29, 1.82) is 0 Å². The van der Waals surface area contributed by atoms with Crippen molar-refractivity contribution in [3.8, 4) is 5.75 Å². The number of hydrogen-bond acceptors (Lipinski definition) is 5. The van der Waals surface area contributed by atoms with E-state index < -0.39 is 0 Å². The molecule has 2 amide bonds. The second kappa shape index (κ2) is 6.78. The molecule has 1 aliphatic heterocycles. The zero-order chi connectivity index (χ0) is 17.3. The van der Waals surface area contributed by atoms with Crippen LogP contribution in [0.2, 0.25) is 5.02 Å². The minimum absolute atomic E-state index is 0.0990. The molecule has 1 aromatic heterocycles. The van der Waals surface area contributed by atoms with E-state index in [4.69, 9.17) is 16.3 Å². The summed E-state index contributed by atoms with van der Waals surface area (Å²) in [7, 11) is 0. The predicted molar refractivity (Wildman–Crippen MR) is 94.2 cm³/mol. The van der Waals surface area contributed by atoms with Crippen molar-refractivity contribution in [2.24, 2.45) is 0 Å². The predicted octanol–water partition coefficient (Wildman–Crippen LogP) is 3.03. The van der Waals surface area contributed by atoms with Gasteiger partial charge in [0.25, 0.3) is 5.91 Å². The molecule has 0 saturated carbocycles. The number of aromatic nitrogens is 1. The average molecular weight is 366 g/mol. The minimum atomic E-state index is -0.312. The summed E-state index contributed by atoms with van der Waals surface area (Å²) in [6, 6.07) is 4.98. The molecule has 0 fully saturated rings. The van der Waals surface area contributed by atoms with E-state index in [1.54, 1.807) is 18.2 Å². The third-order valence-electron chi connectivity index (χ3n) is 3.64. The number of aryl methyl sites for hydroxylation is 2. The van der Waals surface area contributed by atoms with Gasteiger partial charge in [0.1, 0.15) is 12.3 Å². The number of amides is 2. The van der Waals surface area contributed by atoms with Crippen LogP contribution in [0.5, 0.6) is 5.75 Å². The molecule has 8 heteroatoms. The number of benzene rings is 1. The first-order valence-corrected chi connectivity index (χ1v) is 8.66. The van der Waals surface area contributed by atoms with Gasteiger partial charge in [-0.2, -0.15) is 0 Å². The van der Waals surface area contributed by atoms with Gasteiger partial charge in [-0.25, -0.2) is 4.98 Å². The standard InChI is InChI=1S/C16H16ClN3O3S/c1-3-11-9(2)24-16(18-11)19-14(21)7-20-12-6-10(17)4-5-13(12)23-8-15(20)22/h4-6H,3,7-8H2,1-2H3,(H,18,19,21). The van der Waals surface area contributed by atoms with Crippen molar-refractivity contribution in [1.82, 2.24) is 4.98 Å². The van der Waals surface area contributed by atoms with Crippen LogP contribution in [0.15, 0.2) is 18.2 Å². The lowest BCUT2D eigenvalue weighted by atomic mass is 10.2. The van der Waals surface area contributed by atoms with Gasteiger partial charge in [-0.05, 0) is 31.5 Å². The highest BCUT2D eigenvalue weighted by molar-refractivity contribution is 7.15. The lowest BCUT2D eigenvalue weighted by Crippen LogP contribution is -2.43. The van der Waals surface area contributed by atoms with Gasteiger partial charge in [-0.15, -0.1) is 11.3 Å². The van der Waals surface area contributed by atoms with Crippen LogP contribution >= 0.6 is 22.9 Å². The maximum atomic E-state index is 12.3. The highest BCUT2D eigenvalue weighted by atomic mass is 35.5. The highest BCUT2D eigenvalue weighted by Crippen LogP contribution is 2.34. The van der Waals surface area contributed by atoms with Crippen LogP contribution in [-0.4, -0.2) is 29.9 Å². The number of nitrogens with zero attached hydrogens (tertiary/aromatic N) is 2. The Morgan fingerprint density at radius 3 is 3.00 bits per heavy atom. The summed E-state index contributed by atoms with van der Waals surface area (Å²) in [5, 5.41) is 3.77. The summed E-state index contributed by atoms with van der Waals surface area (Å²) in [5.41, 5.74) is 1.47. The van der Waals surface area contributed by atoms with E-state index in [0.29, 0.717) is 21.6 Å². The quantitative estimate of drug-likeness (QED) is 0.904. The second-order valence-corrected chi connectivity index (χ2v) is 6.94. The Morgan fingerprint density at radius 2 is 2.29 bits per heavy atom. The first kappa shape index (κ1) is 16.7. The van der Waals surface area contributed by atoms with Gasteiger partial charge in [0.2, 0.25) is 5.91 Å². The van der Waals surface area contributed by atoms with Crippen molar-refractivity contribution in [2.45, 2.75) is 20.3 Å². The van der Waals surface area contributed by atoms with Crippen LogP contribution in [0.4, 0.5) is 10.8 Å². The number of hydrogen-bond donors (Lipinski definition) is 1. The molecule has 0 unspecified atom stereocenters. The normalized spacial score (nSPS) is 13.5. The van der Waals surface area contributed by atoms with Gasteiger partial charge in [0, 0.05) is 9.90 Å². The van der Waals surface area contributed by atoms with Gasteiger partial charge in [0.05, 0.1) is 11.4 Å². The molecule has 24 heavy (non-hydrogen) atoms. The molecule has 0 saturated heterocycles. The Bertz CT molecular complexity index is 806. The van der Waals surface area contributed by atoms with Crippen LogP contribution in [0, 0.1) is 6.92 Å². The first-order chi connectivity index (χ1) is 11.5. The first-order valence-electron chi connectivity index (χ1n) is 7.46. The van der Waals surface area contributed by atoms with Crippen molar-refractivity contribution in [3.05, 3.63) is 33.8 Å². The highest BCUT2D eigenvalue weighted by Gasteiger charge is 2.27. The molecule has 0 radical (unpaired) electrons. The molecule has 2 aromatic rings. The summed E-state index contributed by atoms with van der Waals surface area (Å²) in [6.45, 7) is 3.77. The van der Waals surface area contributed by atoms with Gasteiger partial charge < -0.3 is 10.1 Å². The van der Waals surface area contributed by atoms with Crippen LogP contribution in [0.3, 0.4) is 0 Å². The van der Waals surface area contributed by atoms with E-state index in [1.807, 2.05) is 13.8 Å². The Morgan fingerprint density at radius 1 is 1.50 bits per heavy atom. The number of carbonyl (C=O) groups excluding carboxylic acids is 2. The zero-order valence-electron chi connectivity index (χ0n) is 13.3. The molecule has 0 spiro atoms. The Labute approximate surface area is 148 Å². The van der Waals surface area contributed by atoms with E-state index in [1.165, 1.54) is 16.2 Å². The lowest BCUT2D eigenvalue weighted by molar-refractivity contribution is -0.123. The molecule has 126 valence electrons. The van der Waals surface area contributed by atoms with Crippen molar-refractivity contribution in [2.75, 3.05) is 23.4 Å². The average Bonchev–Trinajstić information content (AvgIpc) is 2.89. The van der Waals surface area contributed by atoms with Gasteiger partial charge in [-0.3, -0.25) is 14.5 Å². The van der Waals surface area contributed by atoms with Crippen LogP contribution in [0.1, 0.15) is 17.5 Å². The molecule has 1 aliphatic rings. The molecule has 1 N–H and O–H groups in total. The fourth-order valence-corrected chi connectivity index (χ4v) is 3.55. The molecule has 0 atom stereocenters. The number of ether oxygens (including phenoxy) is 1. The maximum absolute atomic E-state index is 12.3. The number of carbonyl (C=O) groups is 2. The number of thiazole rings is 1. The van der Waals surface area contributed by atoms with E-state index in [2.05, 4.69) is 10.3 Å². The summed E-state index contributed by atoms with van der Waals surface area (Å²) in [4.78, 5) is 31.3. The SMILES string of the molecule is CCc1nc(NC(=O)CN2C(=O)COc3ccc(Cl)cc32)sc1C. The van der Waals surface area contributed by atoms with Crippen molar-refractivity contribution < 1.29 is 14.3 Å². The van der Waals surface area contributed by atoms with Gasteiger partial charge >= 0.3 is 0 Å². The lowest BCUT2D eigenvalue weighted by Gasteiger charge is -2.28. The molecule has 3 rings (SSSR count). The molecule has 0 aliphatic carbocycles. The fraction of sp³-hybridized carbons (Fsp3) is 0.312. The third-order valence-corrected chi connectivity index (χ3v) is 4.80. The third kappa shape index (κ3) is 3.37. The van der Waals surface area contributed by atoms with Crippen molar-refractivity contribution in [3.63, 3.8) is 0 Å². The minimum Gasteiger partial charge on any atom is -0.482 e. The van der Waals surface area contributed by atoms with E-state index >= 15 is 0 Å². The van der Waals surface area contributed by atoms with E-state index in [0.717, 1.165) is 17.0 Å². The smallest absolute Gasteiger partial charge is 0.265 e. The monoisotopic (exact) mass is 365 g/mol. The largest absolute Gasteiger partial charge is 0.482 e. The molecular weight excluding hydrogens is 350 g/mol. The summed E-state index contributed by atoms with van der Waals surface area (Å²) in [5.74, 6) is -0.0674. The summed E-state index contributed by atoms with van der Waals surface area (Å²) < 4.78 is 5.36. The zero-order valence-corrected chi connectivity index (χ0v) is 14.8. The van der Waals surface area contributed by atoms with Gasteiger partial charge in [0.15, 0.2) is 11.7 Å². The van der Waals surface area contributed by atoms with E-state index in [-0.39, 0.29) is 25.0 Å². The Kier molecular flexibility index (Phi) is 4.73. The van der Waals surface area contributed by atoms with Gasteiger partial charge in [-0.1, -0.05) is 18.5 Å². The molecule has 0 bridgehead atoms. The number of rotatable bonds is 4. The molecule has 6 nitrogen and oxygen atoms in total. The topological polar surface area (TPSA) is 71.5 Å². The Balaban J connectivity index is 1.76. The van der Waals surface area contributed by atoms with E-state index in [9.17, 15) is 9.59 Å². The maximum Gasteiger partial charge on any atom is 0.265 e. The molecule has 1 aromatic carbocycles. The second-order valence-electron chi connectivity index (χ2n) is 5.30. The molecular formula is C16H16ClN3O3S. The number of fused-ring (bicyclic) bond motifs is 1. The Hall–Kier alpha value is -2.12. The fourth-order valence-electron chi connectivity index (χ4n) is 2.46. The molecule has 2 heterocycles. The number of halogens is 1. The number of anilines is 2. The van der Waals surface area contributed by atoms with Crippen LogP contribution < -0.4 is 15.0 Å². The summed E-state index contributed by atoms with van der Waals surface area (Å²) >= 11 is 7.42. The van der Waals surface area contributed by atoms with Crippen LogP contribution in [0.25, 0.3) is 0 Å².